The van der Waals surface area contributed by atoms with Crippen LogP contribution in [0.2, 0.25) is 0 Å². The van der Waals surface area contributed by atoms with Crippen LogP contribution in [0.3, 0.4) is 0 Å². The van der Waals surface area contributed by atoms with E-state index in [-0.39, 0.29) is 22.7 Å². The molecule has 0 radical (unpaired) electrons. The topological polar surface area (TPSA) is 84.6 Å². The van der Waals surface area contributed by atoms with Crippen LogP contribution in [0.1, 0.15) is 10.4 Å². The van der Waals surface area contributed by atoms with Crippen LogP contribution in [-0.2, 0) is 0 Å². The molecule has 6 heteroatoms. The van der Waals surface area contributed by atoms with E-state index in [1.54, 1.807) is 0 Å². The molecule has 4 N–H and O–H groups in total. The standard InChI is InChI=1S/C14H13FN2O3/c1-20-9-3-5-13(18)12(7-9)17-14(19)10-4-2-8(16)6-11(10)15/h2-7,18H,16H2,1H3,(H,17,19). The number of aromatic hydroxyl groups is 1. The molecule has 104 valence electrons. The maximum absolute atomic E-state index is 13.6. The number of methoxy groups -OCH3 is 1. The molecule has 0 saturated carbocycles. The number of nitrogen functional groups attached to an aromatic ring is 1. The zero-order valence-corrected chi connectivity index (χ0v) is 10.7. The third kappa shape index (κ3) is 2.80. The van der Waals surface area contributed by atoms with Crippen LogP contribution in [0.15, 0.2) is 36.4 Å². The highest BCUT2D eigenvalue weighted by molar-refractivity contribution is 6.05. The first kappa shape index (κ1) is 13.7. The Morgan fingerprint density at radius 2 is 2.05 bits per heavy atom. The van der Waals surface area contributed by atoms with Gasteiger partial charge in [0.05, 0.1) is 18.4 Å². The van der Waals surface area contributed by atoms with E-state index >= 15 is 0 Å². The summed E-state index contributed by atoms with van der Waals surface area (Å²) in [7, 11) is 1.46. The third-order valence-corrected chi connectivity index (χ3v) is 2.69. The summed E-state index contributed by atoms with van der Waals surface area (Å²) in [6, 6.07) is 8.09. The van der Waals surface area contributed by atoms with Gasteiger partial charge in [0.25, 0.3) is 5.91 Å². The lowest BCUT2D eigenvalue weighted by atomic mass is 10.1. The van der Waals surface area contributed by atoms with E-state index < -0.39 is 11.7 Å². The van der Waals surface area contributed by atoms with E-state index in [1.807, 2.05) is 0 Å². The van der Waals surface area contributed by atoms with E-state index in [4.69, 9.17) is 10.5 Å². The molecule has 0 heterocycles. The molecule has 0 fully saturated rings. The minimum atomic E-state index is -0.732. The number of hydrogen-bond donors (Lipinski definition) is 3. The molecule has 0 aliphatic heterocycles. The van der Waals surface area contributed by atoms with Gasteiger partial charge in [-0.15, -0.1) is 0 Å². The zero-order chi connectivity index (χ0) is 14.7. The maximum Gasteiger partial charge on any atom is 0.258 e. The molecule has 0 unspecified atom stereocenters. The van der Waals surface area contributed by atoms with Gasteiger partial charge in [-0.3, -0.25) is 4.79 Å². The lowest BCUT2D eigenvalue weighted by molar-refractivity contribution is 0.102. The summed E-state index contributed by atoms with van der Waals surface area (Å²) in [5.74, 6) is -1.11. The second-order valence-corrected chi connectivity index (χ2v) is 4.08. The number of benzene rings is 2. The number of halogens is 1. The maximum atomic E-state index is 13.6. The van der Waals surface area contributed by atoms with Crippen LogP contribution in [0.5, 0.6) is 11.5 Å². The average molecular weight is 276 g/mol. The molecular weight excluding hydrogens is 263 g/mol. The quantitative estimate of drug-likeness (QED) is 0.593. The first-order chi connectivity index (χ1) is 9.51. The summed E-state index contributed by atoms with van der Waals surface area (Å²) in [6.07, 6.45) is 0. The highest BCUT2D eigenvalue weighted by atomic mass is 19.1. The summed E-state index contributed by atoms with van der Waals surface area (Å²) < 4.78 is 18.6. The summed E-state index contributed by atoms with van der Waals surface area (Å²) in [6.45, 7) is 0. The third-order valence-electron chi connectivity index (χ3n) is 2.69. The van der Waals surface area contributed by atoms with Crippen LogP contribution in [0, 0.1) is 5.82 Å². The highest BCUT2D eigenvalue weighted by Gasteiger charge is 2.14. The molecule has 0 spiro atoms. The molecule has 0 atom stereocenters. The molecule has 0 aliphatic rings. The molecular formula is C14H13FN2O3. The van der Waals surface area contributed by atoms with Gasteiger partial charge in [-0.1, -0.05) is 0 Å². The van der Waals surface area contributed by atoms with Gasteiger partial charge in [-0.25, -0.2) is 4.39 Å². The molecule has 2 aromatic rings. The van der Waals surface area contributed by atoms with Gasteiger partial charge in [0.1, 0.15) is 17.3 Å². The van der Waals surface area contributed by atoms with Crippen molar-refractivity contribution >= 4 is 17.3 Å². The number of nitrogens with one attached hydrogen (secondary N) is 1. The molecule has 5 nitrogen and oxygen atoms in total. The Balaban J connectivity index is 2.27. The van der Waals surface area contributed by atoms with Crippen molar-refractivity contribution in [3.8, 4) is 11.5 Å². The van der Waals surface area contributed by atoms with E-state index in [2.05, 4.69) is 5.32 Å². The van der Waals surface area contributed by atoms with Crippen molar-refractivity contribution < 1.29 is 19.0 Å². The molecule has 2 rings (SSSR count). The number of anilines is 2. The Labute approximate surface area is 114 Å². The smallest absolute Gasteiger partial charge is 0.258 e. The lowest BCUT2D eigenvalue weighted by Crippen LogP contribution is -2.14. The van der Waals surface area contributed by atoms with Crippen molar-refractivity contribution in [3.63, 3.8) is 0 Å². The highest BCUT2D eigenvalue weighted by Crippen LogP contribution is 2.28. The summed E-state index contributed by atoms with van der Waals surface area (Å²) in [5, 5.41) is 12.1. The fourth-order valence-corrected chi connectivity index (χ4v) is 1.65. The van der Waals surface area contributed by atoms with Crippen molar-refractivity contribution in [2.45, 2.75) is 0 Å². The Morgan fingerprint density at radius 1 is 1.30 bits per heavy atom. The molecule has 20 heavy (non-hydrogen) atoms. The van der Waals surface area contributed by atoms with Gasteiger partial charge >= 0.3 is 0 Å². The summed E-state index contributed by atoms with van der Waals surface area (Å²) >= 11 is 0. The van der Waals surface area contributed by atoms with Gasteiger partial charge in [0.2, 0.25) is 0 Å². The molecule has 0 aliphatic carbocycles. The first-order valence-corrected chi connectivity index (χ1v) is 5.74. The van der Waals surface area contributed by atoms with Gasteiger partial charge < -0.3 is 20.9 Å². The first-order valence-electron chi connectivity index (χ1n) is 5.74. The number of rotatable bonds is 3. The van der Waals surface area contributed by atoms with Gasteiger partial charge in [0.15, 0.2) is 0 Å². The Hall–Kier alpha value is -2.76. The lowest BCUT2D eigenvalue weighted by Gasteiger charge is -2.10. The minimum absolute atomic E-state index is 0.130. The zero-order valence-electron chi connectivity index (χ0n) is 10.7. The van der Waals surface area contributed by atoms with Crippen LogP contribution in [0.25, 0.3) is 0 Å². The predicted molar refractivity (Wildman–Crippen MR) is 73.4 cm³/mol. The number of ether oxygens (including phenoxy) is 1. The molecule has 1 amide bonds. The van der Waals surface area contributed by atoms with E-state index in [0.717, 1.165) is 6.07 Å². The largest absolute Gasteiger partial charge is 0.506 e. The van der Waals surface area contributed by atoms with Crippen molar-refractivity contribution in [1.29, 1.82) is 0 Å². The number of carbonyl (C=O) groups excluding carboxylic acids is 1. The summed E-state index contributed by atoms with van der Waals surface area (Å²) in [5.41, 5.74) is 5.60. The van der Waals surface area contributed by atoms with Crippen LogP contribution in [-0.4, -0.2) is 18.1 Å². The minimum Gasteiger partial charge on any atom is -0.506 e. The van der Waals surface area contributed by atoms with Gasteiger partial charge in [-0.2, -0.15) is 0 Å². The van der Waals surface area contributed by atoms with Crippen molar-refractivity contribution in [3.05, 3.63) is 47.8 Å². The van der Waals surface area contributed by atoms with Crippen molar-refractivity contribution in [2.75, 3.05) is 18.2 Å². The fourth-order valence-electron chi connectivity index (χ4n) is 1.65. The normalized spacial score (nSPS) is 10.1. The molecule has 0 aromatic heterocycles. The number of hydrogen-bond acceptors (Lipinski definition) is 4. The van der Waals surface area contributed by atoms with Crippen molar-refractivity contribution in [1.82, 2.24) is 0 Å². The molecule has 0 saturated heterocycles. The van der Waals surface area contributed by atoms with Crippen molar-refractivity contribution in [2.24, 2.45) is 0 Å². The number of carbonyl (C=O) groups is 1. The number of phenolic OH excluding ortho intramolecular Hbond substituents is 1. The number of amides is 1. The molecule has 2 aromatic carbocycles. The second-order valence-electron chi connectivity index (χ2n) is 4.08. The molecule has 0 bridgehead atoms. The van der Waals surface area contributed by atoms with Gasteiger partial charge in [0, 0.05) is 11.8 Å². The number of phenols is 1. The van der Waals surface area contributed by atoms with Crippen LogP contribution >= 0.6 is 0 Å². The fraction of sp³-hybridized carbons (Fsp3) is 0.0714. The van der Waals surface area contributed by atoms with E-state index in [9.17, 15) is 14.3 Å². The Morgan fingerprint density at radius 3 is 2.70 bits per heavy atom. The Bertz CT molecular complexity index is 659. The Kier molecular flexibility index (Phi) is 3.74. The SMILES string of the molecule is COc1ccc(O)c(NC(=O)c2ccc(N)cc2F)c1. The van der Waals surface area contributed by atoms with E-state index in [1.165, 1.54) is 37.4 Å². The van der Waals surface area contributed by atoms with Crippen LogP contribution < -0.4 is 15.8 Å². The van der Waals surface area contributed by atoms with Gasteiger partial charge in [-0.05, 0) is 30.3 Å². The van der Waals surface area contributed by atoms with Crippen LogP contribution in [0.4, 0.5) is 15.8 Å². The van der Waals surface area contributed by atoms with E-state index in [0.29, 0.717) is 5.75 Å². The average Bonchev–Trinajstić information content (AvgIpc) is 2.41. The number of nitrogens with two attached hydrogens (primary N) is 1. The summed E-state index contributed by atoms with van der Waals surface area (Å²) in [4.78, 5) is 12.0. The second kappa shape index (κ2) is 5.48. The predicted octanol–water partition coefficient (Wildman–Crippen LogP) is 2.37. The monoisotopic (exact) mass is 276 g/mol.